The van der Waals surface area contributed by atoms with Gasteiger partial charge in [-0.15, -0.1) is 0 Å². The third kappa shape index (κ3) is 1.96. The van der Waals surface area contributed by atoms with Crippen LogP contribution in [0.2, 0.25) is 0 Å². The first-order valence-corrected chi connectivity index (χ1v) is 5.63. The Kier molecular flexibility index (Phi) is 3.42. The van der Waals surface area contributed by atoms with Crippen LogP contribution in [0.1, 0.15) is 5.69 Å². The molecule has 0 saturated carbocycles. The van der Waals surface area contributed by atoms with Gasteiger partial charge in [0.15, 0.2) is 0 Å². The molecule has 0 radical (unpaired) electrons. The second-order valence-electron chi connectivity index (χ2n) is 4.49. The van der Waals surface area contributed by atoms with Crippen molar-refractivity contribution in [3.05, 3.63) is 30.1 Å². The lowest BCUT2D eigenvalue weighted by Crippen LogP contribution is -2.65. The van der Waals surface area contributed by atoms with Gasteiger partial charge in [0.1, 0.15) is 5.75 Å². The maximum Gasteiger partial charge on any atom is 0.382 e. The maximum atomic E-state index is 13.7. The number of pyridine rings is 1. The third-order valence-electron chi connectivity index (χ3n) is 3.11. The Morgan fingerprint density at radius 3 is 2.09 bits per heavy atom. The molecule has 0 spiro atoms. The summed E-state index contributed by atoms with van der Waals surface area (Å²) in [5, 5.41) is 0. The second kappa shape index (κ2) is 4.56. The highest BCUT2D eigenvalue weighted by Crippen LogP contribution is 2.60. The van der Waals surface area contributed by atoms with Crippen LogP contribution < -0.4 is 4.74 Å². The SMILES string of the molecule is COc1ccnc(C2=CC(F)(F)C(F)(F)C(F)(F)C2(F)F)c1. The van der Waals surface area contributed by atoms with Gasteiger partial charge in [-0.1, -0.05) is 0 Å². The van der Waals surface area contributed by atoms with Gasteiger partial charge in [0.2, 0.25) is 0 Å². The number of methoxy groups -OCH3 is 1. The van der Waals surface area contributed by atoms with Crippen LogP contribution in [0.15, 0.2) is 24.4 Å². The van der Waals surface area contributed by atoms with Crippen molar-refractivity contribution in [2.75, 3.05) is 7.11 Å². The summed E-state index contributed by atoms with van der Waals surface area (Å²) < 4.78 is 111. The topological polar surface area (TPSA) is 22.1 Å². The first-order chi connectivity index (χ1) is 9.88. The summed E-state index contributed by atoms with van der Waals surface area (Å²) in [6, 6.07) is 1.80. The fourth-order valence-electron chi connectivity index (χ4n) is 1.86. The van der Waals surface area contributed by atoms with Gasteiger partial charge < -0.3 is 4.74 Å². The molecule has 1 aliphatic rings. The highest BCUT2D eigenvalue weighted by molar-refractivity contribution is 5.73. The monoisotopic (exact) mass is 333 g/mol. The molecule has 0 unspecified atom stereocenters. The predicted octanol–water partition coefficient (Wildman–Crippen LogP) is 4.03. The van der Waals surface area contributed by atoms with Crippen LogP contribution in [0.5, 0.6) is 5.75 Å². The number of halogens is 8. The zero-order valence-electron chi connectivity index (χ0n) is 10.7. The fourth-order valence-corrected chi connectivity index (χ4v) is 1.86. The first kappa shape index (κ1) is 16.5. The summed E-state index contributed by atoms with van der Waals surface area (Å²) in [5.41, 5.74) is -3.01. The van der Waals surface area contributed by atoms with E-state index < -0.39 is 41.0 Å². The molecule has 0 aliphatic heterocycles. The number of allylic oxidation sites excluding steroid dienone is 2. The number of aromatic nitrogens is 1. The van der Waals surface area contributed by atoms with E-state index in [-0.39, 0.29) is 5.75 Å². The normalized spacial score (nSPS) is 24.5. The average molecular weight is 333 g/mol. The highest BCUT2D eigenvalue weighted by Gasteiger charge is 2.83. The Hall–Kier alpha value is -1.87. The lowest BCUT2D eigenvalue weighted by atomic mass is 9.84. The largest absolute Gasteiger partial charge is 0.497 e. The average Bonchev–Trinajstić information content (AvgIpc) is 2.43. The number of hydrogen-bond donors (Lipinski definition) is 0. The third-order valence-corrected chi connectivity index (χ3v) is 3.11. The zero-order valence-corrected chi connectivity index (χ0v) is 10.7. The zero-order chi connectivity index (χ0) is 17.0. The quantitative estimate of drug-likeness (QED) is 0.763. The Morgan fingerprint density at radius 2 is 1.55 bits per heavy atom. The first-order valence-electron chi connectivity index (χ1n) is 5.63. The van der Waals surface area contributed by atoms with Gasteiger partial charge in [0.25, 0.3) is 0 Å². The van der Waals surface area contributed by atoms with Crippen molar-refractivity contribution < 1.29 is 39.9 Å². The van der Waals surface area contributed by atoms with Gasteiger partial charge in [-0.3, -0.25) is 4.98 Å². The molecule has 0 N–H and O–H groups in total. The smallest absolute Gasteiger partial charge is 0.382 e. The summed E-state index contributed by atoms with van der Waals surface area (Å²) >= 11 is 0. The molecular weight excluding hydrogens is 326 g/mol. The van der Waals surface area contributed by atoms with E-state index in [1.54, 1.807) is 0 Å². The van der Waals surface area contributed by atoms with E-state index >= 15 is 0 Å². The molecule has 2 nitrogen and oxygen atoms in total. The van der Waals surface area contributed by atoms with Crippen LogP contribution in [0.25, 0.3) is 5.57 Å². The van der Waals surface area contributed by atoms with Crippen molar-refractivity contribution in [2.45, 2.75) is 23.7 Å². The van der Waals surface area contributed by atoms with Gasteiger partial charge in [-0.25, -0.2) is 0 Å². The van der Waals surface area contributed by atoms with Crippen LogP contribution in [0, 0.1) is 0 Å². The number of hydrogen-bond acceptors (Lipinski definition) is 2. The van der Waals surface area contributed by atoms with E-state index in [9.17, 15) is 35.1 Å². The van der Waals surface area contributed by atoms with E-state index in [1.165, 1.54) is 0 Å². The minimum Gasteiger partial charge on any atom is -0.497 e. The summed E-state index contributed by atoms with van der Waals surface area (Å²) in [7, 11) is 1.10. The number of rotatable bonds is 2. The lowest BCUT2D eigenvalue weighted by Gasteiger charge is -2.40. The van der Waals surface area contributed by atoms with Gasteiger partial charge in [0.05, 0.1) is 18.4 Å². The molecule has 122 valence electrons. The van der Waals surface area contributed by atoms with Crippen LogP contribution in [0.3, 0.4) is 0 Å². The molecule has 10 heteroatoms. The summed E-state index contributed by atoms with van der Waals surface area (Å²) in [6.45, 7) is 0. The van der Waals surface area contributed by atoms with Crippen molar-refractivity contribution in [2.24, 2.45) is 0 Å². The van der Waals surface area contributed by atoms with Gasteiger partial charge in [0, 0.05) is 18.3 Å². The van der Waals surface area contributed by atoms with Crippen molar-refractivity contribution in [1.82, 2.24) is 4.98 Å². The Balaban J connectivity index is 2.71. The predicted molar refractivity (Wildman–Crippen MR) is 58.6 cm³/mol. The van der Waals surface area contributed by atoms with Gasteiger partial charge in [-0.05, 0) is 6.07 Å². The van der Waals surface area contributed by atoms with Gasteiger partial charge in [-0.2, -0.15) is 35.1 Å². The van der Waals surface area contributed by atoms with Crippen molar-refractivity contribution in [1.29, 1.82) is 0 Å². The second-order valence-corrected chi connectivity index (χ2v) is 4.49. The number of ether oxygens (including phenoxy) is 1. The van der Waals surface area contributed by atoms with E-state index in [4.69, 9.17) is 0 Å². The molecule has 2 rings (SSSR count). The molecule has 0 aromatic carbocycles. The standard InChI is InChI=1S/C12H7F8NO/c1-22-6-2-3-21-8(4-6)7-5-9(13,14)11(17,18)12(19,20)10(7,15)16/h2-5H,1H3. The Morgan fingerprint density at radius 1 is 0.955 bits per heavy atom. The Bertz CT molecular complexity index is 625. The number of alkyl halides is 8. The lowest BCUT2D eigenvalue weighted by molar-refractivity contribution is -0.348. The van der Waals surface area contributed by atoms with E-state index in [2.05, 4.69) is 9.72 Å². The minimum atomic E-state index is -6.29. The molecule has 0 bridgehead atoms. The van der Waals surface area contributed by atoms with Crippen molar-refractivity contribution in [3.63, 3.8) is 0 Å². The Labute approximate surface area is 118 Å². The van der Waals surface area contributed by atoms with E-state index in [0.29, 0.717) is 6.07 Å². The fraction of sp³-hybridized carbons (Fsp3) is 0.417. The van der Waals surface area contributed by atoms with E-state index in [1.807, 2.05) is 0 Å². The van der Waals surface area contributed by atoms with E-state index in [0.717, 1.165) is 19.4 Å². The molecule has 1 heterocycles. The van der Waals surface area contributed by atoms with Gasteiger partial charge >= 0.3 is 23.7 Å². The minimum absolute atomic E-state index is 0.148. The summed E-state index contributed by atoms with van der Waals surface area (Å²) in [6.07, 6.45) is -0.0553. The molecule has 0 atom stereocenters. The molecule has 1 aliphatic carbocycles. The molecule has 0 saturated heterocycles. The van der Waals surface area contributed by atoms with Crippen LogP contribution in [-0.2, 0) is 0 Å². The molecule has 1 aromatic rings. The number of nitrogens with zero attached hydrogens (tertiary/aromatic N) is 1. The highest BCUT2D eigenvalue weighted by atomic mass is 19.4. The molecule has 22 heavy (non-hydrogen) atoms. The summed E-state index contributed by atoms with van der Waals surface area (Å²) in [5.74, 6) is -23.7. The van der Waals surface area contributed by atoms with Crippen LogP contribution in [0.4, 0.5) is 35.1 Å². The molecule has 0 fully saturated rings. The summed E-state index contributed by atoms with van der Waals surface area (Å²) in [4.78, 5) is 3.25. The molecular formula is C12H7F8NO. The maximum absolute atomic E-state index is 13.7. The van der Waals surface area contributed by atoms with Crippen LogP contribution >= 0.6 is 0 Å². The van der Waals surface area contributed by atoms with Crippen LogP contribution in [-0.4, -0.2) is 35.8 Å². The molecule has 1 aromatic heterocycles. The molecule has 0 amide bonds. The van der Waals surface area contributed by atoms with Crippen molar-refractivity contribution >= 4 is 5.57 Å². The van der Waals surface area contributed by atoms with Crippen molar-refractivity contribution in [3.8, 4) is 5.75 Å².